The van der Waals surface area contributed by atoms with Gasteiger partial charge in [0.05, 0.1) is 27.4 Å². The molecule has 1 fully saturated rings. The van der Waals surface area contributed by atoms with Crippen LogP contribution in [-0.2, 0) is 19.6 Å². The van der Waals surface area contributed by atoms with Gasteiger partial charge < -0.3 is 19.0 Å². The van der Waals surface area contributed by atoms with Crippen LogP contribution in [0.3, 0.4) is 0 Å². The van der Waals surface area contributed by atoms with Crippen LogP contribution in [0.1, 0.15) is 20.9 Å². The second-order valence-electron chi connectivity index (χ2n) is 8.32. The largest absolute Gasteiger partial charge is 0.459 e. The van der Waals surface area contributed by atoms with Crippen LogP contribution in [0.5, 0.6) is 0 Å². The lowest BCUT2D eigenvalue weighted by Crippen LogP contribution is -2.51. The Morgan fingerprint density at radius 3 is 2.32 bits per heavy atom. The van der Waals surface area contributed by atoms with Crippen LogP contribution in [0.4, 0.5) is 10.1 Å². The fourth-order valence-corrected chi connectivity index (χ4v) is 5.20. The Morgan fingerprint density at radius 2 is 1.68 bits per heavy atom. The first-order valence-corrected chi connectivity index (χ1v) is 13.2. The molecule has 0 unspecified atom stereocenters. The predicted molar refractivity (Wildman–Crippen MR) is 135 cm³/mol. The van der Waals surface area contributed by atoms with Gasteiger partial charge in [-0.25, -0.2) is 17.6 Å². The molecule has 0 atom stereocenters. The fraction of sp³-hybridized carbons (Fsp3) is 0.240. The quantitative estimate of drug-likeness (QED) is 0.406. The normalized spacial score (nSPS) is 13.8. The number of sulfonamides is 1. The Balaban J connectivity index is 1.37. The van der Waals surface area contributed by atoms with Crippen molar-refractivity contribution in [1.82, 2.24) is 9.80 Å². The standard InChI is InChI=1S/C25H23ClFN3O7S/c1-28(18-6-4-17(27)5-7-18)38(34,35)19-8-9-21(26)20(15-19)25(33)37-16-23(31)29-10-12-30(13-11-29)24(32)22-3-2-14-36-22/h2-9,14-15H,10-13,16H2,1H3. The van der Waals surface area contributed by atoms with Crippen LogP contribution < -0.4 is 4.31 Å². The lowest BCUT2D eigenvalue weighted by Gasteiger charge is -2.34. The number of anilines is 1. The van der Waals surface area contributed by atoms with Gasteiger partial charge in [0.15, 0.2) is 12.4 Å². The molecule has 4 rings (SSSR count). The first-order chi connectivity index (χ1) is 18.1. The molecule has 10 nitrogen and oxygen atoms in total. The highest BCUT2D eigenvalue weighted by Gasteiger charge is 2.28. The van der Waals surface area contributed by atoms with E-state index in [1.807, 2.05) is 0 Å². The Morgan fingerprint density at radius 1 is 1.03 bits per heavy atom. The Kier molecular flexibility index (Phi) is 8.02. The molecule has 3 aromatic rings. The highest BCUT2D eigenvalue weighted by atomic mass is 35.5. The van der Waals surface area contributed by atoms with E-state index in [0.717, 1.165) is 22.5 Å². The molecule has 38 heavy (non-hydrogen) atoms. The number of amides is 2. The van der Waals surface area contributed by atoms with Crippen molar-refractivity contribution in [2.75, 3.05) is 44.1 Å². The summed E-state index contributed by atoms with van der Waals surface area (Å²) < 4.78 is 50.5. The van der Waals surface area contributed by atoms with Crippen molar-refractivity contribution in [3.05, 3.63) is 83.0 Å². The molecule has 0 bridgehead atoms. The molecule has 2 heterocycles. The van der Waals surface area contributed by atoms with Gasteiger partial charge in [-0.3, -0.25) is 13.9 Å². The maximum absolute atomic E-state index is 13.2. The molecule has 0 N–H and O–H groups in total. The fourth-order valence-electron chi connectivity index (χ4n) is 3.78. The monoisotopic (exact) mass is 563 g/mol. The number of esters is 1. The third-order valence-electron chi connectivity index (χ3n) is 5.98. The zero-order chi connectivity index (χ0) is 27.4. The van der Waals surface area contributed by atoms with E-state index in [0.29, 0.717) is 0 Å². The summed E-state index contributed by atoms with van der Waals surface area (Å²) in [4.78, 5) is 40.4. The lowest BCUT2D eigenvalue weighted by atomic mass is 10.2. The maximum Gasteiger partial charge on any atom is 0.340 e. The van der Waals surface area contributed by atoms with Crippen molar-refractivity contribution in [1.29, 1.82) is 0 Å². The first kappa shape index (κ1) is 27.1. The van der Waals surface area contributed by atoms with Crippen molar-refractivity contribution in [3.63, 3.8) is 0 Å². The van der Waals surface area contributed by atoms with E-state index >= 15 is 0 Å². The molecule has 0 aliphatic carbocycles. The van der Waals surface area contributed by atoms with E-state index in [2.05, 4.69) is 0 Å². The number of ether oxygens (including phenoxy) is 1. The SMILES string of the molecule is CN(c1ccc(F)cc1)S(=O)(=O)c1ccc(Cl)c(C(=O)OCC(=O)N2CCN(C(=O)c3ccco3)CC2)c1. The predicted octanol–water partition coefficient (Wildman–Crippen LogP) is 3.04. The summed E-state index contributed by atoms with van der Waals surface area (Å²) in [6.45, 7) is 0.465. The highest BCUT2D eigenvalue weighted by molar-refractivity contribution is 7.92. The molecular weight excluding hydrogens is 541 g/mol. The average Bonchev–Trinajstić information content (AvgIpc) is 3.46. The van der Waals surface area contributed by atoms with Crippen LogP contribution in [0.25, 0.3) is 0 Å². The molecule has 0 saturated carbocycles. The Hall–Kier alpha value is -3.90. The molecule has 0 radical (unpaired) electrons. The molecule has 1 aromatic heterocycles. The number of rotatable bonds is 7. The number of halogens is 2. The van der Waals surface area contributed by atoms with E-state index < -0.39 is 34.3 Å². The number of carbonyl (C=O) groups excluding carboxylic acids is 3. The smallest absolute Gasteiger partial charge is 0.340 e. The maximum atomic E-state index is 13.2. The van der Waals surface area contributed by atoms with Crippen molar-refractivity contribution in [2.45, 2.75) is 4.90 Å². The second kappa shape index (κ2) is 11.2. The Labute approximate surface area is 223 Å². The second-order valence-corrected chi connectivity index (χ2v) is 10.7. The van der Waals surface area contributed by atoms with Gasteiger partial charge in [-0.2, -0.15) is 0 Å². The van der Waals surface area contributed by atoms with Crippen LogP contribution in [-0.4, -0.2) is 75.8 Å². The molecule has 1 aliphatic heterocycles. The van der Waals surface area contributed by atoms with Gasteiger partial charge in [0, 0.05) is 33.2 Å². The molecular formula is C25H23ClFN3O7S. The summed E-state index contributed by atoms with van der Waals surface area (Å²) in [5.41, 5.74) is -0.0241. The number of hydrogen-bond donors (Lipinski definition) is 0. The summed E-state index contributed by atoms with van der Waals surface area (Å²) >= 11 is 6.12. The summed E-state index contributed by atoms with van der Waals surface area (Å²) in [6.07, 6.45) is 1.41. The molecule has 2 amide bonds. The lowest BCUT2D eigenvalue weighted by molar-refractivity contribution is -0.136. The van der Waals surface area contributed by atoms with Crippen LogP contribution in [0.15, 0.2) is 70.2 Å². The van der Waals surface area contributed by atoms with Gasteiger partial charge in [0.2, 0.25) is 0 Å². The Bertz CT molecular complexity index is 1440. The third kappa shape index (κ3) is 5.81. The van der Waals surface area contributed by atoms with E-state index in [1.165, 1.54) is 42.5 Å². The average molecular weight is 564 g/mol. The van der Waals surface area contributed by atoms with E-state index in [9.17, 15) is 27.2 Å². The minimum absolute atomic E-state index is 0.0594. The third-order valence-corrected chi connectivity index (χ3v) is 8.10. The molecule has 1 aliphatic rings. The van der Waals surface area contributed by atoms with Crippen LogP contribution >= 0.6 is 11.6 Å². The number of hydrogen-bond acceptors (Lipinski definition) is 7. The first-order valence-electron chi connectivity index (χ1n) is 11.4. The van der Waals surface area contributed by atoms with E-state index in [-0.39, 0.29) is 59.0 Å². The minimum atomic E-state index is -4.12. The van der Waals surface area contributed by atoms with E-state index in [1.54, 1.807) is 17.0 Å². The van der Waals surface area contributed by atoms with Crippen molar-refractivity contribution < 1.29 is 36.3 Å². The van der Waals surface area contributed by atoms with Crippen molar-refractivity contribution in [3.8, 4) is 0 Å². The molecule has 2 aromatic carbocycles. The van der Waals surface area contributed by atoms with Gasteiger partial charge in [0.1, 0.15) is 5.82 Å². The van der Waals surface area contributed by atoms with Gasteiger partial charge in [-0.05, 0) is 54.6 Å². The zero-order valence-electron chi connectivity index (χ0n) is 20.2. The molecule has 13 heteroatoms. The van der Waals surface area contributed by atoms with Crippen molar-refractivity contribution >= 4 is 45.1 Å². The van der Waals surface area contributed by atoms with Gasteiger partial charge in [-0.1, -0.05) is 11.6 Å². The number of benzene rings is 2. The zero-order valence-corrected chi connectivity index (χ0v) is 21.7. The number of nitrogens with zero attached hydrogens (tertiary/aromatic N) is 3. The number of furan rings is 1. The van der Waals surface area contributed by atoms with Crippen LogP contribution in [0.2, 0.25) is 5.02 Å². The summed E-state index contributed by atoms with van der Waals surface area (Å²) in [7, 11) is -2.84. The van der Waals surface area contributed by atoms with Gasteiger partial charge >= 0.3 is 5.97 Å². The van der Waals surface area contributed by atoms with Gasteiger partial charge in [0.25, 0.3) is 21.8 Å². The highest BCUT2D eigenvalue weighted by Crippen LogP contribution is 2.26. The molecule has 1 saturated heterocycles. The van der Waals surface area contributed by atoms with Crippen LogP contribution in [0, 0.1) is 5.82 Å². The topological polar surface area (TPSA) is 117 Å². The van der Waals surface area contributed by atoms with E-state index in [4.69, 9.17) is 20.8 Å². The molecule has 0 spiro atoms. The van der Waals surface area contributed by atoms with Crippen molar-refractivity contribution in [2.24, 2.45) is 0 Å². The number of piperazine rings is 1. The van der Waals surface area contributed by atoms with Gasteiger partial charge in [-0.15, -0.1) is 0 Å². The number of carbonyl (C=O) groups is 3. The minimum Gasteiger partial charge on any atom is -0.459 e. The summed E-state index contributed by atoms with van der Waals surface area (Å²) in [5.74, 6) is -2.03. The molecule has 200 valence electrons. The summed E-state index contributed by atoms with van der Waals surface area (Å²) in [5, 5.41) is -0.0594. The summed E-state index contributed by atoms with van der Waals surface area (Å²) in [6, 6.07) is 11.5.